The lowest BCUT2D eigenvalue weighted by molar-refractivity contribution is -0.150. The largest absolute Gasteiger partial charge is 0.481 e. The normalized spacial score (nSPS) is 19.8. The molecule has 1 atom stereocenters. The lowest BCUT2D eigenvalue weighted by Crippen LogP contribution is -2.49. The molecule has 7 heteroatoms. The Balaban J connectivity index is 1.27. The Hall–Kier alpha value is -3.35. The Kier molecular flexibility index (Phi) is 6.17. The number of hydrogen-bond donors (Lipinski definition) is 2. The van der Waals surface area contributed by atoms with Crippen LogP contribution in [0.2, 0.25) is 0 Å². The summed E-state index contributed by atoms with van der Waals surface area (Å²) in [4.78, 5) is 37.4. The minimum Gasteiger partial charge on any atom is -0.481 e. The Morgan fingerprint density at radius 1 is 1.06 bits per heavy atom. The Morgan fingerprint density at radius 2 is 1.62 bits per heavy atom. The van der Waals surface area contributed by atoms with Crippen molar-refractivity contribution in [3.8, 4) is 11.1 Å². The van der Waals surface area contributed by atoms with Crippen LogP contribution in [0.5, 0.6) is 0 Å². The molecule has 2 amide bonds. The minimum absolute atomic E-state index is 0.0166. The number of nitrogens with zero attached hydrogens (tertiary/aromatic N) is 1. The van der Waals surface area contributed by atoms with E-state index in [-0.39, 0.29) is 36.8 Å². The molecule has 0 bridgehead atoms. The molecule has 4 rings (SSSR count). The molecular formula is C25H28N2O5. The Bertz CT molecular complexity index is 985. The van der Waals surface area contributed by atoms with Crippen LogP contribution in [0.4, 0.5) is 4.79 Å². The molecule has 0 heterocycles. The summed E-state index contributed by atoms with van der Waals surface area (Å²) in [7, 11) is 1.69. The highest BCUT2D eigenvalue weighted by Crippen LogP contribution is 2.44. The number of carboxylic acids is 1. The average molecular weight is 437 g/mol. The monoisotopic (exact) mass is 436 g/mol. The van der Waals surface area contributed by atoms with Gasteiger partial charge in [-0.2, -0.15) is 0 Å². The van der Waals surface area contributed by atoms with Gasteiger partial charge in [-0.05, 0) is 42.0 Å². The van der Waals surface area contributed by atoms with E-state index >= 15 is 0 Å². The van der Waals surface area contributed by atoms with Gasteiger partial charge in [0.05, 0.1) is 5.92 Å². The van der Waals surface area contributed by atoms with Crippen LogP contribution in [0, 0.1) is 5.92 Å². The zero-order valence-electron chi connectivity index (χ0n) is 18.3. The maximum absolute atomic E-state index is 12.5. The fourth-order valence-electron chi connectivity index (χ4n) is 4.61. The Labute approximate surface area is 187 Å². The molecule has 2 aliphatic rings. The van der Waals surface area contributed by atoms with E-state index in [4.69, 9.17) is 9.84 Å². The van der Waals surface area contributed by atoms with Gasteiger partial charge >= 0.3 is 12.1 Å². The van der Waals surface area contributed by atoms with E-state index in [9.17, 15) is 14.4 Å². The smallest absolute Gasteiger partial charge is 0.407 e. The molecule has 0 spiro atoms. The summed E-state index contributed by atoms with van der Waals surface area (Å²) in [5, 5.41) is 11.7. The molecule has 0 unspecified atom stereocenters. The van der Waals surface area contributed by atoms with Crippen LogP contribution in [0.15, 0.2) is 48.5 Å². The van der Waals surface area contributed by atoms with E-state index in [1.54, 1.807) is 18.9 Å². The molecule has 2 aromatic carbocycles. The van der Waals surface area contributed by atoms with Crippen molar-refractivity contribution in [3.63, 3.8) is 0 Å². The van der Waals surface area contributed by atoms with Crippen molar-refractivity contribution in [1.29, 1.82) is 0 Å². The fourth-order valence-corrected chi connectivity index (χ4v) is 4.61. The van der Waals surface area contributed by atoms with Crippen molar-refractivity contribution in [3.05, 3.63) is 59.7 Å². The standard InChI is InChI=1S/C25H28N2O5/c1-15(11-23(28)27(2)17-12-16(13-17)24(29)30)26-25(31)32-14-22-20-9-5-3-7-18(20)19-8-4-6-10-21(19)22/h3-10,15-17,22H,11-14H2,1-2H3,(H,26,31)(H,29,30)/t15-,16?,17?/m0/s1. The van der Waals surface area contributed by atoms with E-state index in [0.29, 0.717) is 12.8 Å². The fraction of sp³-hybridized carbons (Fsp3) is 0.400. The first kappa shape index (κ1) is 21.9. The molecule has 0 aliphatic heterocycles. The molecular weight excluding hydrogens is 408 g/mol. The van der Waals surface area contributed by atoms with Crippen molar-refractivity contribution in [1.82, 2.24) is 10.2 Å². The van der Waals surface area contributed by atoms with Crippen molar-refractivity contribution >= 4 is 18.0 Å². The van der Waals surface area contributed by atoms with E-state index in [1.807, 2.05) is 24.3 Å². The van der Waals surface area contributed by atoms with Gasteiger partial charge in [-0.3, -0.25) is 9.59 Å². The van der Waals surface area contributed by atoms with E-state index < -0.39 is 18.1 Å². The second-order valence-corrected chi connectivity index (χ2v) is 8.74. The summed E-state index contributed by atoms with van der Waals surface area (Å²) >= 11 is 0. The number of hydrogen-bond acceptors (Lipinski definition) is 4. The molecule has 32 heavy (non-hydrogen) atoms. The highest BCUT2D eigenvalue weighted by atomic mass is 16.5. The van der Waals surface area contributed by atoms with Crippen molar-refractivity contribution in [2.24, 2.45) is 5.92 Å². The van der Waals surface area contributed by atoms with Crippen LogP contribution in [0.3, 0.4) is 0 Å². The zero-order valence-corrected chi connectivity index (χ0v) is 18.3. The molecule has 0 radical (unpaired) electrons. The predicted octanol–water partition coefficient (Wildman–Crippen LogP) is 3.63. The van der Waals surface area contributed by atoms with E-state index in [1.165, 1.54) is 11.1 Å². The topological polar surface area (TPSA) is 95.9 Å². The van der Waals surface area contributed by atoms with Gasteiger partial charge in [0.15, 0.2) is 0 Å². The summed E-state index contributed by atoms with van der Waals surface area (Å²) in [5.74, 6) is -1.32. The molecule has 1 saturated carbocycles. The lowest BCUT2D eigenvalue weighted by atomic mass is 9.79. The van der Waals surface area contributed by atoms with E-state index in [2.05, 4.69) is 29.6 Å². The number of carboxylic acid groups (broad SMARTS) is 1. The predicted molar refractivity (Wildman–Crippen MR) is 119 cm³/mol. The highest BCUT2D eigenvalue weighted by Gasteiger charge is 2.38. The molecule has 2 N–H and O–H groups in total. The summed E-state index contributed by atoms with van der Waals surface area (Å²) in [6, 6.07) is 15.8. The van der Waals surface area contributed by atoms with Crippen LogP contribution in [0.25, 0.3) is 11.1 Å². The molecule has 7 nitrogen and oxygen atoms in total. The van der Waals surface area contributed by atoms with Gasteiger partial charge in [0, 0.05) is 31.5 Å². The quantitative estimate of drug-likeness (QED) is 0.691. The average Bonchev–Trinajstić information content (AvgIpc) is 3.04. The summed E-state index contributed by atoms with van der Waals surface area (Å²) in [6.45, 7) is 1.98. The summed E-state index contributed by atoms with van der Waals surface area (Å²) in [5.41, 5.74) is 4.62. The first-order valence-electron chi connectivity index (χ1n) is 10.9. The van der Waals surface area contributed by atoms with E-state index in [0.717, 1.165) is 11.1 Å². The van der Waals surface area contributed by atoms with Crippen LogP contribution in [-0.2, 0) is 14.3 Å². The molecule has 0 aromatic heterocycles. The van der Waals surface area contributed by atoms with Crippen molar-refractivity contribution < 1.29 is 24.2 Å². The van der Waals surface area contributed by atoms with Gasteiger partial charge in [-0.1, -0.05) is 48.5 Å². The number of alkyl carbamates (subject to hydrolysis) is 1. The number of amides is 2. The van der Waals surface area contributed by atoms with Crippen LogP contribution in [0.1, 0.15) is 43.2 Å². The van der Waals surface area contributed by atoms with Crippen molar-refractivity contribution in [2.75, 3.05) is 13.7 Å². The third-order valence-corrected chi connectivity index (χ3v) is 6.59. The highest BCUT2D eigenvalue weighted by molar-refractivity contribution is 5.80. The first-order chi connectivity index (χ1) is 15.3. The van der Waals surface area contributed by atoms with Gasteiger partial charge in [0.25, 0.3) is 0 Å². The van der Waals surface area contributed by atoms with Gasteiger partial charge in [-0.25, -0.2) is 4.79 Å². The maximum atomic E-state index is 12.5. The minimum atomic E-state index is -0.813. The lowest BCUT2D eigenvalue weighted by Gasteiger charge is -2.39. The number of benzene rings is 2. The number of carbonyl (C=O) groups is 3. The SMILES string of the molecule is C[C@@H](CC(=O)N(C)C1CC(C(=O)O)C1)NC(=O)OCC1c2ccccc2-c2ccccc21. The maximum Gasteiger partial charge on any atom is 0.407 e. The third-order valence-electron chi connectivity index (χ3n) is 6.59. The third kappa shape index (κ3) is 4.33. The number of fused-ring (bicyclic) bond motifs is 3. The first-order valence-corrected chi connectivity index (χ1v) is 10.9. The number of carbonyl (C=O) groups excluding carboxylic acids is 2. The molecule has 2 aromatic rings. The van der Waals surface area contributed by atoms with Crippen LogP contribution in [-0.4, -0.2) is 53.7 Å². The van der Waals surface area contributed by atoms with Gasteiger partial charge in [0.2, 0.25) is 5.91 Å². The summed E-state index contributed by atoms with van der Waals surface area (Å²) < 4.78 is 5.53. The number of nitrogens with one attached hydrogen (secondary N) is 1. The van der Waals surface area contributed by atoms with Gasteiger partial charge < -0.3 is 20.1 Å². The Morgan fingerprint density at radius 3 is 2.19 bits per heavy atom. The second kappa shape index (κ2) is 9.02. The zero-order chi connectivity index (χ0) is 22.8. The molecule has 0 saturated heterocycles. The van der Waals surface area contributed by atoms with Crippen LogP contribution < -0.4 is 5.32 Å². The van der Waals surface area contributed by atoms with Gasteiger partial charge in [-0.15, -0.1) is 0 Å². The number of aliphatic carboxylic acids is 1. The van der Waals surface area contributed by atoms with Crippen LogP contribution >= 0.6 is 0 Å². The molecule has 1 fully saturated rings. The number of rotatable bonds is 7. The van der Waals surface area contributed by atoms with Gasteiger partial charge in [0.1, 0.15) is 6.61 Å². The summed E-state index contributed by atoms with van der Waals surface area (Å²) in [6.07, 6.45) is 0.538. The van der Waals surface area contributed by atoms with Crippen molar-refractivity contribution in [2.45, 2.75) is 44.2 Å². The molecule has 168 valence electrons. The number of ether oxygens (including phenoxy) is 1. The second-order valence-electron chi connectivity index (χ2n) is 8.74. The molecule has 2 aliphatic carbocycles.